The molecular formula is C12H26N2S. The number of thiol groups is 1. The van der Waals surface area contributed by atoms with E-state index in [-0.39, 0.29) is 0 Å². The Morgan fingerprint density at radius 2 is 2.13 bits per heavy atom. The number of rotatable bonds is 7. The van der Waals surface area contributed by atoms with E-state index in [2.05, 4.69) is 36.5 Å². The normalized spacial score (nSPS) is 22.8. The topological polar surface area (TPSA) is 6.48 Å². The monoisotopic (exact) mass is 230 g/mol. The summed E-state index contributed by atoms with van der Waals surface area (Å²) in [5.74, 6) is 1.04. The van der Waals surface area contributed by atoms with E-state index >= 15 is 0 Å². The van der Waals surface area contributed by atoms with E-state index in [1.807, 2.05) is 0 Å². The quantitative estimate of drug-likeness (QED) is 0.529. The summed E-state index contributed by atoms with van der Waals surface area (Å²) in [6.45, 7) is 3.79. The van der Waals surface area contributed by atoms with Gasteiger partial charge in [0.05, 0.1) is 0 Å². The molecule has 1 heterocycles. The predicted molar refractivity (Wildman–Crippen MR) is 70.9 cm³/mol. The van der Waals surface area contributed by atoms with Crippen molar-refractivity contribution in [2.45, 2.75) is 38.1 Å². The van der Waals surface area contributed by atoms with Gasteiger partial charge in [0.1, 0.15) is 0 Å². The second-order valence-corrected chi connectivity index (χ2v) is 5.27. The maximum absolute atomic E-state index is 4.23. The first-order valence-corrected chi connectivity index (χ1v) is 6.87. The summed E-state index contributed by atoms with van der Waals surface area (Å²) in [6.07, 6.45) is 6.69. The number of hydrogen-bond donors (Lipinski definition) is 1. The minimum atomic E-state index is 0.805. The largest absolute Gasteiger partial charge is 0.305 e. The van der Waals surface area contributed by atoms with Crippen molar-refractivity contribution in [3.63, 3.8) is 0 Å². The second-order valence-electron chi connectivity index (χ2n) is 4.82. The first kappa shape index (κ1) is 13.3. The summed E-state index contributed by atoms with van der Waals surface area (Å²) in [7, 11) is 4.51. The average molecular weight is 230 g/mol. The summed E-state index contributed by atoms with van der Waals surface area (Å²) >= 11 is 4.23. The number of likely N-dealkylation sites (N-methyl/N-ethyl adjacent to an activating group) is 2. The van der Waals surface area contributed by atoms with Gasteiger partial charge in [-0.2, -0.15) is 12.6 Å². The van der Waals surface area contributed by atoms with Crippen LogP contribution in [0.3, 0.4) is 0 Å². The summed E-state index contributed by atoms with van der Waals surface area (Å²) in [5, 5.41) is 0. The predicted octanol–water partition coefficient (Wildman–Crippen LogP) is 2.11. The van der Waals surface area contributed by atoms with Crippen LogP contribution in [0, 0.1) is 0 Å². The number of nitrogens with zero attached hydrogens (tertiary/aromatic N) is 2. The fourth-order valence-corrected chi connectivity index (χ4v) is 2.55. The van der Waals surface area contributed by atoms with Gasteiger partial charge in [0.25, 0.3) is 0 Å². The molecule has 1 atom stereocenters. The third-order valence-corrected chi connectivity index (χ3v) is 3.71. The number of likely N-dealkylation sites (tertiary alicyclic amines) is 1. The van der Waals surface area contributed by atoms with Crippen molar-refractivity contribution in [3.05, 3.63) is 0 Å². The molecule has 1 aliphatic heterocycles. The Kier molecular flexibility index (Phi) is 6.69. The van der Waals surface area contributed by atoms with Crippen molar-refractivity contribution in [2.24, 2.45) is 0 Å². The van der Waals surface area contributed by atoms with E-state index in [0.717, 1.165) is 11.8 Å². The van der Waals surface area contributed by atoms with Crippen molar-refractivity contribution >= 4 is 12.6 Å². The van der Waals surface area contributed by atoms with E-state index in [0.29, 0.717) is 0 Å². The molecule has 1 rings (SSSR count). The molecule has 2 nitrogen and oxygen atoms in total. The second kappa shape index (κ2) is 7.53. The molecule has 0 aliphatic carbocycles. The van der Waals surface area contributed by atoms with Crippen molar-refractivity contribution in [3.8, 4) is 0 Å². The molecule has 1 fully saturated rings. The van der Waals surface area contributed by atoms with Gasteiger partial charge < -0.3 is 9.80 Å². The highest BCUT2D eigenvalue weighted by atomic mass is 32.1. The lowest BCUT2D eigenvalue weighted by Crippen LogP contribution is -2.37. The molecule has 0 N–H and O–H groups in total. The van der Waals surface area contributed by atoms with E-state index in [4.69, 9.17) is 0 Å². The smallest absolute Gasteiger partial charge is 0.0220 e. The zero-order valence-electron chi connectivity index (χ0n) is 10.3. The van der Waals surface area contributed by atoms with Crippen LogP contribution in [0.1, 0.15) is 32.1 Å². The van der Waals surface area contributed by atoms with E-state index < -0.39 is 0 Å². The van der Waals surface area contributed by atoms with Crippen molar-refractivity contribution in [1.82, 2.24) is 9.80 Å². The summed E-state index contributed by atoms with van der Waals surface area (Å²) in [6, 6.07) is 0.805. The average Bonchev–Trinajstić information content (AvgIpc) is 2.59. The van der Waals surface area contributed by atoms with Gasteiger partial charge in [-0.1, -0.05) is 6.42 Å². The van der Waals surface area contributed by atoms with Crippen molar-refractivity contribution < 1.29 is 0 Å². The molecule has 1 aliphatic rings. The molecule has 0 bridgehead atoms. The van der Waals surface area contributed by atoms with Crippen LogP contribution in [0.2, 0.25) is 0 Å². The fraction of sp³-hybridized carbons (Fsp3) is 1.00. The Hall–Kier alpha value is 0.270. The molecule has 0 aromatic carbocycles. The molecule has 0 spiro atoms. The molecule has 3 heteroatoms. The lowest BCUT2D eigenvalue weighted by Gasteiger charge is -2.25. The van der Waals surface area contributed by atoms with Crippen LogP contribution in [0.5, 0.6) is 0 Å². The molecule has 0 amide bonds. The van der Waals surface area contributed by atoms with Crippen LogP contribution in [-0.2, 0) is 0 Å². The third kappa shape index (κ3) is 5.23. The fourth-order valence-electron chi connectivity index (χ4n) is 2.33. The minimum Gasteiger partial charge on any atom is -0.305 e. The summed E-state index contributed by atoms with van der Waals surface area (Å²) in [5.41, 5.74) is 0. The molecule has 0 saturated carbocycles. The summed E-state index contributed by atoms with van der Waals surface area (Å²) in [4.78, 5) is 5.00. The van der Waals surface area contributed by atoms with Crippen LogP contribution >= 0.6 is 12.6 Å². The van der Waals surface area contributed by atoms with Gasteiger partial charge in [0.15, 0.2) is 0 Å². The van der Waals surface area contributed by atoms with Crippen LogP contribution in [0.15, 0.2) is 0 Å². The van der Waals surface area contributed by atoms with Crippen molar-refractivity contribution in [2.75, 3.05) is 39.5 Å². The molecular weight excluding hydrogens is 204 g/mol. The van der Waals surface area contributed by atoms with Crippen LogP contribution in [0.4, 0.5) is 0 Å². The highest BCUT2D eigenvalue weighted by molar-refractivity contribution is 7.80. The zero-order chi connectivity index (χ0) is 11.1. The summed E-state index contributed by atoms with van der Waals surface area (Å²) < 4.78 is 0. The van der Waals surface area contributed by atoms with Gasteiger partial charge in [-0.05, 0) is 58.6 Å². The first-order chi connectivity index (χ1) is 7.24. The zero-order valence-corrected chi connectivity index (χ0v) is 11.2. The minimum absolute atomic E-state index is 0.805. The third-order valence-electron chi connectivity index (χ3n) is 3.39. The number of hydrogen-bond acceptors (Lipinski definition) is 3. The molecule has 0 radical (unpaired) electrons. The lowest BCUT2D eigenvalue weighted by molar-refractivity contribution is 0.218. The van der Waals surface area contributed by atoms with E-state index in [1.165, 1.54) is 51.7 Å². The van der Waals surface area contributed by atoms with E-state index in [1.54, 1.807) is 0 Å². The van der Waals surface area contributed by atoms with Gasteiger partial charge in [-0.3, -0.25) is 0 Å². The molecule has 15 heavy (non-hydrogen) atoms. The molecule has 90 valence electrons. The Bertz CT molecular complexity index is 164. The van der Waals surface area contributed by atoms with E-state index in [9.17, 15) is 0 Å². The van der Waals surface area contributed by atoms with Crippen LogP contribution < -0.4 is 0 Å². The lowest BCUT2D eigenvalue weighted by atomic mass is 10.2. The highest BCUT2D eigenvalue weighted by Crippen LogP contribution is 2.15. The molecule has 0 aromatic rings. The Labute approximate surface area is 100 Å². The van der Waals surface area contributed by atoms with Crippen LogP contribution in [0.25, 0.3) is 0 Å². The van der Waals surface area contributed by atoms with Gasteiger partial charge >= 0.3 is 0 Å². The molecule has 1 unspecified atom stereocenters. The maximum Gasteiger partial charge on any atom is 0.0220 e. The highest BCUT2D eigenvalue weighted by Gasteiger charge is 2.21. The van der Waals surface area contributed by atoms with Gasteiger partial charge in [-0.15, -0.1) is 0 Å². The van der Waals surface area contributed by atoms with Gasteiger partial charge in [0.2, 0.25) is 0 Å². The van der Waals surface area contributed by atoms with Crippen LogP contribution in [-0.4, -0.2) is 55.3 Å². The van der Waals surface area contributed by atoms with Crippen molar-refractivity contribution in [1.29, 1.82) is 0 Å². The first-order valence-electron chi connectivity index (χ1n) is 6.23. The SMILES string of the molecule is CN(CCCCCS)CC1CCCN1C. The molecule has 1 saturated heterocycles. The number of unbranched alkanes of at least 4 members (excludes halogenated alkanes) is 2. The Balaban J connectivity index is 2.04. The molecule has 0 aromatic heterocycles. The maximum atomic E-state index is 4.23. The van der Waals surface area contributed by atoms with Gasteiger partial charge in [0, 0.05) is 12.6 Å². The standard InChI is InChI=1S/C12H26N2S/c1-13(8-4-3-5-10-15)11-12-7-6-9-14(12)2/h12,15H,3-11H2,1-2H3. The Morgan fingerprint density at radius 1 is 1.33 bits per heavy atom. The Morgan fingerprint density at radius 3 is 2.73 bits per heavy atom. The van der Waals surface area contributed by atoms with Gasteiger partial charge in [-0.25, -0.2) is 0 Å².